The smallest absolute Gasteiger partial charge is 0.263 e. The molecule has 3 N–H and O–H groups in total. The first-order valence-electron chi connectivity index (χ1n) is 4.80. The Hall–Kier alpha value is -1.22. The summed E-state index contributed by atoms with van der Waals surface area (Å²) in [4.78, 5) is 0.0555. The van der Waals surface area contributed by atoms with Crippen molar-refractivity contribution in [3.63, 3.8) is 0 Å². The van der Waals surface area contributed by atoms with Gasteiger partial charge in [-0.2, -0.15) is 0 Å². The van der Waals surface area contributed by atoms with Gasteiger partial charge < -0.3 is 5.73 Å². The van der Waals surface area contributed by atoms with Crippen molar-refractivity contribution in [3.8, 4) is 0 Å². The Morgan fingerprint density at radius 3 is 2.78 bits per heavy atom. The Morgan fingerprint density at radius 2 is 2.22 bits per heavy atom. The second kappa shape index (κ2) is 5.19. The van der Waals surface area contributed by atoms with Gasteiger partial charge in [0.25, 0.3) is 10.0 Å². The van der Waals surface area contributed by atoms with E-state index in [-0.39, 0.29) is 16.6 Å². The zero-order valence-electron chi connectivity index (χ0n) is 9.00. The molecule has 96 valence electrons. The molecular weight excluding hydrogens is 296 g/mol. The Labute approximate surface area is 113 Å². The third-order valence-corrected chi connectivity index (χ3v) is 4.56. The predicted molar refractivity (Wildman–Crippen MR) is 70.1 cm³/mol. The van der Waals surface area contributed by atoms with Crippen molar-refractivity contribution in [2.75, 3.05) is 4.72 Å². The van der Waals surface area contributed by atoms with Gasteiger partial charge >= 0.3 is 0 Å². The van der Waals surface area contributed by atoms with Gasteiger partial charge in [-0.1, -0.05) is 29.0 Å². The van der Waals surface area contributed by atoms with E-state index in [1.54, 1.807) is 6.07 Å². The normalized spacial score (nSPS) is 11.4. The Kier molecular flexibility index (Phi) is 3.81. The maximum Gasteiger partial charge on any atom is 0.263 e. The van der Waals surface area contributed by atoms with Crippen LogP contribution in [0.15, 0.2) is 28.6 Å². The average molecular weight is 305 g/mol. The second-order valence-electron chi connectivity index (χ2n) is 3.31. The molecule has 0 saturated carbocycles. The lowest BCUT2D eigenvalue weighted by Gasteiger charge is -2.07. The summed E-state index contributed by atoms with van der Waals surface area (Å²) < 4.78 is 26.3. The summed E-state index contributed by atoms with van der Waals surface area (Å²) >= 11 is 7.01. The monoisotopic (exact) mass is 304 g/mol. The highest BCUT2D eigenvalue weighted by molar-refractivity contribution is 7.93. The van der Waals surface area contributed by atoms with Crippen LogP contribution in [-0.2, 0) is 16.6 Å². The number of benzene rings is 1. The van der Waals surface area contributed by atoms with E-state index in [2.05, 4.69) is 14.9 Å². The molecule has 0 atom stereocenters. The zero-order chi connectivity index (χ0) is 13.2. The van der Waals surface area contributed by atoms with Gasteiger partial charge in [0.2, 0.25) is 5.13 Å². The van der Waals surface area contributed by atoms with Gasteiger partial charge in [-0.25, -0.2) is 8.42 Å². The number of nitrogens with two attached hydrogens (primary N) is 1. The molecular formula is C9H9ClN4O2S2. The molecule has 2 aromatic rings. The molecule has 1 heterocycles. The first kappa shape index (κ1) is 13.2. The van der Waals surface area contributed by atoms with Crippen molar-refractivity contribution in [1.29, 1.82) is 0 Å². The van der Waals surface area contributed by atoms with Crippen molar-refractivity contribution in [2.24, 2.45) is 5.73 Å². The lowest BCUT2D eigenvalue weighted by atomic mass is 10.2. The summed E-state index contributed by atoms with van der Waals surface area (Å²) in [5.41, 5.74) is 7.57. The van der Waals surface area contributed by atoms with E-state index in [9.17, 15) is 8.42 Å². The van der Waals surface area contributed by atoms with Gasteiger partial charge in [0.05, 0.1) is 4.90 Å². The van der Waals surface area contributed by atoms with Gasteiger partial charge in [0.1, 0.15) is 5.51 Å². The fourth-order valence-electron chi connectivity index (χ4n) is 1.25. The van der Waals surface area contributed by atoms with Crippen LogP contribution in [0, 0.1) is 0 Å². The van der Waals surface area contributed by atoms with Crippen LogP contribution in [0.25, 0.3) is 0 Å². The van der Waals surface area contributed by atoms with Crippen molar-refractivity contribution in [1.82, 2.24) is 10.2 Å². The summed E-state index contributed by atoms with van der Waals surface area (Å²) in [5.74, 6) is 0. The highest BCUT2D eigenvalue weighted by Gasteiger charge is 2.17. The molecule has 2 rings (SSSR count). The number of rotatable bonds is 4. The van der Waals surface area contributed by atoms with Crippen LogP contribution in [0.3, 0.4) is 0 Å². The fourth-order valence-corrected chi connectivity index (χ4v) is 3.29. The molecule has 1 aromatic carbocycles. The molecule has 0 spiro atoms. The molecule has 0 aliphatic rings. The van der Waals surface area contributed by atoms with E-state index in [0.29, 0.717) is 10.6 Å². The van der Waals surface area contributed by atoms with Crippen LogP contribution in [0.4, 0.5) is 5.13 Å². The third kappa shape index (κ3) is 2.78. The average Bonchev–Trinajstić information content (AvgIpc) is 2.81. The quantitative estimate of drug-likeness (QED) is 0.891. The van der Waals surface area contributed by atoms with Crippen LogP contribution < -0.4 is 10.5 Å². The summed E-state index contributed by atoms with van der Waals surface area (Å²) in [6.07, 6.45) is 0. The summed E-state index contributed by atoms with van der Waals surface area (Å²) in [6.45, 7) is 0.253. The SMILES string of the molecule is NCc1ccc(S(=O)(=O)Nc2nncs2)cc1Cl. The number of nitrogens with one attached hydrogen (secondary N) is 1. The van der Waals surface area contributed by atoms with Crippen molar-refractivity contribution < 1.29 is 8.42 Å². The van der Waals surface area contributed by atoms with Crippen LogP contribution in [0.1, 0.15) is 5.56 Å². The van der Waals surface area contributed by atoms with Gasteiger partial charge in [-0.15, -0.1) is 10.2 Å². The lowest BCUT2D eigenvalue weighted by Crippen LogP contribution is -2.13. The molecule has 0 aliphatic heterocycles. The van der Waals surface area contributed by atoms with Crippen LogP contribution in [0.2, 0.25) is 5.02 Å². The molecule has 0 aliphatic carbocycles. The van der Waals surface area contributed by atoms with Crippen molar-refractivity contribution in [3.05, 3.63) is 34.3 Å². The number of anilines is 1. The Balaban J connectivity index is 2.33. The molecule has 1 aromatic heterocycles. The first-order valence-corrected chi connectivity index (χ1v) is 7.54. The Bertz CT molecular complexity index is 643. The largest absolute Gasteiger partial charge is 0.326 e. The topological polar surface area (TPSA) is 98.0 Å². The predicted octanol–water partition coefficient (Wildman–Crippen LogP) is 1.45. The van der Waals surface area contributed by atoms with Crippen LogP contribution in [-0.4, -0.2) is 18.6 Å². The van der Waals surface area contributed by atoms with Crippen LogP contribution >= 0.6 is 22.9 Å². The van der Waals surface area contributed by atoms with E-state index in [1.165, 1.54) is 17.6 Å². The summed E-state index contributed by atoms with van der Waals surface area (Å²) in [6, 6.07) is 4.38. The summed E-state index contributed by atoms with van der Waals surface area (Å²) in [7, 11) is -3.70. The maximum atomic E-state index is 12.0. The minimum atomic E-state index is -3.70. The van der Waals surface area contributed by atoms with E-state index in [4.69, 9.17) is 17.3 Å². The summed E-state index contributed by atoms with van der Waals surface area (Å²) in [5, 5.41) is 7.67. The molecule has 0 fully saturated rings. The number of nitrogens with zero attached hydrogens (tertiary/aromatic N) is 2. The van der Waals surface area contributed by atoms with Gasteiger partial charge in [-0.3, -0.25) is 4.72 Å². The standard InChI is InChI=1S/C9H9ClN4O2S2/c10-8-3-7(2-1-6(8)4-11)18(15,16)14-9-13-12-5-17-9/h1-3,5H,4,11H2,(H,13,14). The molecule has 0 unspecified atom stereocenters. The third-order valence-electron chi connectivity index (χ3n) is 2.14. The number of sulfonamides is 1. The molecule has 9 heteroatoms. The van der Waals surface area contributed by atoms with E-state index >= 15 is 0 Å². The number of hydrogen-bond donors (Lipinski definition) is 2. The molecule has 0 bridgehead atoms. The van der Waals surface area contributed by atoms with E-state index in [0.717, 1.165) is 11.3 Å². The van der Waals surface area contributed by atoms with Gasteiger partial charge in [0, 0.05) is 11.6 Å². The highest BCUT2D eigenvalue weighted by atomic mass is 35.5. The molecule has 0 amide bonds. The zero-order valence-corrected chi connectivity index (χ0v) is 11.4. The van der Waals surface area contributed by atoms with Crippen molar-refractivity contribution >= 4 is 38.1 Å². The van der Waals surface area contributed by atoms with E-state index in [1.807, 2.05) is 0 Å². The minimum absolute atomic E-state index is 0.0555. The first-order chi connectivity index (χ1) is 8.53. The molecule has 0 saturated heterocycles. The number of aromatic nitrogens is 2. The minimum Gasteiger partial charge on any atom is -0.326 e. The molecule has 6 nitrogen and oxygen atoms in total. The number of hydrogen-bond acceptors (Lipinski definition) is 6. The van der Waals surface area contributed by atoms with Gasteiger partial charge in [0.15, 0.2) is 0 Å². The van der Waals surface area contributed by atoms with Crippen LogP contribution in [0.5, 0.6) is 0 Å². The van der Waals surface area contributed by atoms with Gasteiger partial charge in [-0.05, 0) is 17.7 Å². The second-order valence-corrected chi connectivity index (χ2v) is 6.23. The van der Waals surface area contributed by atoms with Crippen molar-refractivity contribution in [2.45, 2.75) is 11.4 Å². The maximum absolute atomic E-state index is 12.0. The highest BCUT2D eigenvalue weighted by Crippen LogP contribution is 2.22. The molecule has 0 radical (unpaired) electrons. The number of halogens is 1. The Morgan fingerprint density at radius 1 is 1.44 bits per heavy atom. The molecule has 18 heavy (non-hydrogen) atoms. The van der Waals surface area contributed by atoms with E-state index < -0.39 is 10.0 Å². The lowest BCUT2D eigenvalue weighted by molar-refractivity contribution is 0.601. The fraction of sp³-hybridized carbons (Fsp3) is 0.111.